The number of aryl methyl sites for hydroxylation is 3. The van der Waals surface area contributed by atoms with Gasteiger partial charge < -0.3 is 14.6 Å². The lowest BCUT2D eigenvalue weighted by atomic mass is 10.1. The molecule has 158 valence electrons. The molecule has 0 aliphatic rings. The largest absolute Gasteiger partial charge is 0.494 e. The molecule has 0 saturated carbocycles. The molecule has 1 aromatic carbocycles. The molecule has 3 rings (SSSR count). The van der Waals surface area contributed by atoms with Crippen molar-refractivity contribution in [2.45, 2.75) is 41.5 Å². The fourth-order valence-corrected chi connectivity index (χ4v) is 3.78. The molecule has 3 aromatic rings. The molecule has 0 radical (unpaired) electrons. The van der Waals surface area contributed by atoms with Gasteiger partial charge >= 0.3 is 0 Å². The number of aliphatic imine (C=N–C) groups is 1. The van der Waals surface area contributed by atoms with Crippen LogP contribution < -0.4 is 10.1 Å². The number of hydrogen-bond donors (Lipinski definition) is 1. The van der Waals surface area contributed by atoms with E-state index >= 15 is 0 Å². The summed E-state index contributed by atoms with van der Waals surface area (Å²) >= 11 is 0. The van der Waals surface area contributed by atoms with Gasteiger partial charge in [-0.15, -0.1) is 5.10 Å². The fourth-order valence-electron chi connectivity index (χ4n) is 3.78. The summed E-state index contributed by atoms with van der Waals surface area (Å²) in [5.74, 6) is 1.67. The maximum atomic E-state index is 5.59. The minimum Gasteiger partial charge on any atom is -0.494 e. The normalized spacial score (nSPS) is 12.1. The minimum atomic E-state index is 0.652. The zero-order valence-electron chi connectivity index (χ0n) is 18.8. The summed E-state index contributed by atoms with van der Waals surface area (Å²) in [6.45, 7) is 14.4. The van der Waals surface area contributed by atoms with Crippen molar-refractivity contribution < 1.29 is 4.74 Å². The smallest absolute Gasteiger partial charge is 0.158 e. The number of benzene rings is 1. The van der Waals surface area contributed by atoms with Crippen LogP contribution >= 0.6 is 0 Å². The molecule has 2 heterocycles. The first kappa shape index (κ1) is 21.6. The van der Waals surface area contributed by atoms with Gasteiger partial charge in [0, 0.05) is 47.2 Å². The van der Waals surface area contributed by atoms with E-state index in [9.17, 15) is 0 Å². The van der Waals surface area contributed by atoms with Crippen molar-refractivity contribution in [2.24, 2.45) is 4.99 Å². The van der Waals surface area contributed by atoms with Crippen molar-refractivity contribution in [2.75, 3.05) is 25.0 Å². The summed E-state index contributed by atoms with van der Waals surface area (Å²) in [4.78, 5) is 4.34. The highest BCUT2D eigenvalue weighted by molar-refractivity contribution is 5.98. The summed E-state index contributed by atoms with van der Waals surface area (Å²) < 4.78 is 7.85. The Morgan fingerprint density at radius 2 is 1.77 bits per heavy atom. The number of anilines is 1. The molecule has 0 atom stereocenters. The molecule has 6 heteroatoms. The third-order valence-corrected chi connectivity index (χ3v) is 5.22. The number of nitrogens with zero attached hydrogens (tertiary/aromatic N) is 4. The van der Waals surface area contributed by atoms with Crippen LogP contribution in [0.3, 0.4) is 0 Å². The highest BCUT2D eigenvalue weighted by Gasteiger charge is 2.19. The van der Waals surface area contributed by atoms with E-state index in [4.69, 9.17) is 4.74 Å². The maximum absolute atomic E-state index is 5.59. The molecule has 0 amide bonds. The van der Waals surface area contributed by atoms with Crippen LogP contribution in [0.2, 0.25) is 0 Å². The highest BCUT2D eigenvalue weighted by atomic mass is 16.5. The van der Waals surface area contributed by atoms with Crippen LogP contribution in [-0.4, -0.2) is 40.7 Å². The van der Waals surface area contributed by atoms with Gasteiger partial charge in [-0.1, -0.05) is 6.08 Å². The molecule has 0 unspecified atom stereocenters. The van der Waals surface area contributed by atoms with Gasteiger partial charge in [-0.25, -0.2) is 0 Å². The third-order valence-electron chi connectivity index (χ3n) is 5.22. The first-order valence-electron chi connectivity index (χ1n) is 10.5. The summed E-state index contributed by atoms with van der Waals surface area (Å²) in [5.41, 5.74) is 5.43. The number of hydrogen-bond acceptors (Lipinski definition) is 5. The molecule has 0 fully saturated rings. The van der Waals surface area contributed by atoms with E-state index in [0.717, 1.165) is 57.2 Å². The molecule has 2 aromatic heterocycles. The molecule has 30 heavy (non-hydrogen) atoms. The monoisotopic (exact) mass is 405 g/mol. The van der Waals surface area contributed by atoms with Crippen molar-refractivity contribution in [3.05, 3.63) is 53.0 Å². The van der Waals surface area contributed by atoms with E-state index in [-0.39, 0.29) is 0 Å². The predicted octanol–water partition coefficient (Wildman–Crippen LogP) is 5.19. The van der Waals surface area contributed by atoms with Crippen LogP contribution in [0.5, 0.6) is 5.75 Å². The molecule has 0 aliphatic carbocycles. The molecule has 0 spiro atoms. The highest BCUT2D eigenvalue weighted by Crippen LogP contribution is 2.34. The van der Waals surface area contributed by atoms with Gasteiger partial charge in [0.2, 0.25) is 0 Å². The molecule has 0 bridgehead atoms. The van der Waals surface area contributed by atoms with E-state index in [1.165, 1.54) is 0 Å². The second kappa shape index (κ2) is 9.57. The van der Waals surface area contributed by atoms with Crippen molar-refractivity contribution >= 4 is 22.8 Å². The number of allylic oxidation sites excluding steroid dienone is 1. The molecule has 6 nitrogen and oxygen atoms in total. The average Bonchev–Trinajstić information content (AvgIpc) is 3.02. The molecular weight excluding hydrogens is 374 g/mol. The van der Waals surface area contributed by atoms with Gasteiger partial charge in [0.1, 0.15) is 5.75 Å². The van der Waals surface area contributed by atoms with Crippen LogP contribution in [0.25, 0.3) is 16.5 Å². The first-order valence-corrected chi connectivity index (χ1v) is 10.5. The minimum absolute atomic E-state index is 0.652. The van der Waals surface area contributed by atoms with Crippen molar-refractivity contribution in [3.8, 4) is 11.4 Å². The standard InChI is InChI=1S/C24H31N5O/c1-7-19(14-25-8-2)15-26-24-23-18(6)29(17(5)22(23)16(4)27-28-24)20-10-12-21(13-11-20)30-9-3/h7,10-14H,8-9,15H2,1-6H3,(H,26,28)/b19-7+,25-14?. The lowest BCUT2D eigenvalue weighted by Gasteiger charge is -2.11. The maximum Gasteiger partial charge on any atom is 0.158 e. The van der Waals surface area contributed by atoms with E-state index in [2.05, 4.69) is 57.1 Å². The molecule has 0 saturated heterocycles. The van der Waals surface area contributed by atoms with Crippen LogP contribution in [0.1, 0.15) is 37.9 Å². The summed E-state index contributed by atoms with van der Waals surface area (Å²) in [6, 6.07) is 8.20. The zero-order chi connectivity index (χ0) is 21.7. The summed E-state index contributed by atoms with van der Waals surface area (Å²) in [7, 11) is 0. The Labute approximate surface area is 178 Å². The Morgan fingerprint density at radius 1 is 1.07 bits per heavy atom. The quantitative estimate of drug-likeness (QED) is 0.524. The van der Waals surface area contributed by atoms with Gasteiger partial charge in [0.25, 0.3) is 0 Å². The summed E-state index contributed by atoms with van der Waals surface area (Å²) in [6.07, 6.45) is 3.98. The zero-order valence-corrected chi connectivity index (χ0v) is 18.8. The Bertz CT molecular complexity index is 1080. The van der Waals surface area contributed by atoms with Crippen LogP contribution in [0.15, 0.2) is 40.9 Å². The molecule has 1 N–H and O–H groups in total. The number of rotatable bonds is 8. The number of aromatic nitrogens is 3. The van der Waals surface area contributed by atoms with Gasteiger partial charge in [-0.2, -0.15) is 5.10 Å². The third kappa shape index (κ3) is 4.22. The number of fused-ring (bicyclic) bond motifs is 1. The SMILES string of the molecule is C/C=C(\C=NCC)CNc1nnc(C)c2c(C)n(-c3ccc(OCC)cc3)c(C)c12. The van der Waals surface area contributed by atoms with Crippen molar-refractivity contribution in [1.29, 1.82) is 0 Å². The number of nitrogens with one attached hydrogen (secondary N) is 1. The topological polar surface area (TPSA) is 64.3 Å². The average molecular weight is 406 g/mol. The van der Waals surface area contributed by atoms with Crippen molar-refractivity contribution in [3.63, 3.8) is 0 Å². The lowest BCUT2D eigenvalue weighted by Crippen LogP contribution is -2.09. The molecule has 0 aliphatic heterocycles. The van der Waals surface area contributed by atoms with Crippen molar-refractivity contribution in [1.82, 2.24) is 14.8 Å². The summed E-state index contributed by atoms with van der Waals surface area (Å²) in [5, 5.41) is 14.6. The lowest BCUT2D eigenvalue weighted by molar-refractivity contribution is 0.340. The Balaban J connectivity index is 2.04. The Kier molecular flexibility index (Phi) is 6.87. The van der Waals surface area contributed by atoms with E-state index < -0.39 is 0 Å². The van der Waals surface area contributed by atoms with E-state index in [1.54, 1.807) is 0 Å². The van der Waals surface area contributed by atoms with Crippen LogP contribution in [0, 0.1) is 20.8 Å². The van der Waals surface area contributed by atoms with Gasteiger partial charge in [-0.05, 0) is 71.4 Å². The van der Waals surface area contributed by atoms with Gasteiger partial charge in [0.05, 0.1) is 12.3 Å². The second-order valence-corrected chi connectivity index (χ2v) is 7.16. The van der Waals surface area contributed by atoms with Gasteiger partial charge in [-0.3, -0.25) is 4.99 Å². The van der Waals surface area contributed by atoms with Crippen LogP contribution in [-0.2, 0) is 0 Å². The van der Waals surface area contributed by atoms with E-state index in [1.807, 2.05) is 46.0 Å². The number of ether oxygens (including phenoxy) is 1. The second-order valence-electron chi connectivity index (χ2n) is 7.16. The van der Waals surface area contributed by atoms with Crippen LogP contribution in [0.4, 0.5) is 5.82 Å². The predicted molar refractivity (Wildman–Crippen MR) is 126 cm³/mol. The Hall–Kier alpha value is -3.15. The first-order chi connectivity index (χ1) is 14.5. The van der Waals surface area contributed by atoms with E-state index in [0.29, 0.717) is 13.2 Å². The van der Waals surface area contributed by atoms with Gasteiger partial charge in [0.15, 0.2) is 5.82 Å². The molecular formula is C24H31N5O. The fraction of sp³-hybridized carbons (Fsp3) is 0.375. The Morgan fingerprint density at radius 3 is 2.40 bits per heavy atom.